The number of pyridine rings is 1. The molecule has 0 aliphatic heterocycles. The molecule has 0 atom stereocenters. The number of carbonyl (C=O) groups excluding carboxylic acids is 2. The first kappa shape index (κ1) is 19.1. The standard InChI is InChI=1S/C20H21N5O3/c1-25-13-18(11-24-25)17-7-16(8-21-10-17)9-22-19(26)12-23-20(27)28-14-15-5-3-2-4-6-15/h2-8,10-11,13H,9,12,14H2,1H3,(H,22,26)(H,23,27). The van der Waals surface area contributed by atoms with Gasteiger partial charge in [0.25, 0.3) is 0 Å². The number of aryl methyl sites for hydroxylation is 1. The number of nitrogens with one attached hydrogen (secondary N) is 2. The molecule has 0 aliphatic rings. The lowest BCUT2D eigenvalue weighted by Gasteiger charge is -2.08. The molecule has 3 rings (SSSR count). The normalized spacial score (nSPS) is 10.3. The molecule has 2 amide bonds. The highest BCUT2D eigenvalue weighted by molar-refractivity contribution is 5.82. The highest BCUT2D eigenvalue weighted by atomic mass is 16.5. The van der Waals surface area contributed by atoms with E-state index in [1.54, 1.807) is 23.3 Å². The summed E-state index contributed by atoms with van der Waals surface area (Å²) in [6, 6.07) is 11.3. The Morgan fingerprint density at radius 3 is 2.61 bits per heavy atom. The van der Waals surface area contributed by atoms with Gasteiger partial charge in [0.15, 0.2) is 0 Å². The second-order valence-corrected chi connectivity index (χ2v) is 6.18. The fraction of sp³-hybridized carbons (Fsp3) is 0.200. The Morgan fingerprint density at radius 1 is 1.04 bits per heavy atom. The van der Waals surface area contributed by atoms with Crippen LogP contribution in [0.3, 0.4) is 0 Å². The van der Waals surface area contributed by atoms with Crippen LogP contribution < -0.4 is 10.6 Å². The smallest absolute Gasteiger partial charge is 0.407 e. The van der Waals surface area contributed by atoms with Gasteiger partial charge in [0, 0.05) is 43.3 Å². The largest absolute Gasteiger partial charge is 0.445 e. The van der Waals surface area contributed by atoms with Crippen molar-refractivity contribution in [2.75, 3.05) is 6.54 Å². The maximum Gasteiger partial charge on any atom is 0.407 e. The van der Waals surface area contributed by atoms with Crippen LogP contribution in [0.4, 0.5) is 4.79 Å². The van der Waals surface area contributed by atoms with Crippen LogP contribution in [0, 0.1) is 0 Å². The Balaban J connectivity index is 1.41. The topological polar surface area (TPSA) is 98.1 Å². The number of rotatable bonds is 7. The third kappa shape index (κ3) is 5.66. The van der Waals surface area contributed by atoms with Gasteiger partial charge in [-0.25, -0.2) is 4.79 Å². The molecular weight excluding hydrogens is 358 g/mol. The molecule has 144 valence electrons. The number of amides is 2. The van der Waals surface area contributed by atoms with Gasteiger partial charge < -0.3 is 15.4 Å². The molecule has 8 nitrogen and oxygen atoms in total. The fourth-order valence-electron chi connectivity index (χ4n) is 2.50. The number of carbonyl (C=O) groups is 2. The molecule has 0 radical (unpaired) electrons. The molecule has 0 bridgehead atoms. The van der Waals surface area contributed by atoms with Crippen molar-refractivity contribution >= 4 is 12.0 Å². The van der Waals surface area contributed by atoms with Crippen molar-refractivity contribution in [1.29, 1.82) is 0 Å². The Morgan fingerprint density at radius 2 is 1.86 bits per heavy atom. The molecule has 1 aromatic carbocycles. The van der Waals surface area contributed by atoms with Crippen LogP contribution in [0.5, 0.6) is 0 Å². The number of nitrogens with zero attached hydrogens (tertiary/aromatic N) is 3. The van der Waals surface area contributed by atoms with Gasteiger partial charge >= 0.3 is 6.09 Å². The first-order valence-electron chi connectivity index (χ1n) is 8.74. The van der Waals surface area contributed by atoms with Crippen LogP contribution in [-0.4, -0.2) is 33.3 Å². The van der Waals surface area contributed by atoms with E-state index < -0.39 is 6.09 Å². The highest BCUT2D eigenvalue weighted by Gasteiger charge is 2.08. The Kier molecular flexibility index (Phi) is 6.35. The SMILES string of the molecule is Cn1cc(-c2cncc(CNC(=O)CNC(=O)OCc3ccccc3)c2)cn1. The predicted octanol–water partition coefficient (Wildman–Crippen LogP) is 2.02. The van der Waals surface area contributed by atoms with Crippen molar-refractivity contribution in [1.82, 2.24) is 25.4 Å². The van der Waals surface area contributed by atoms with Gasteiger partial charge in [0.05, 0.1) is 6.20 Å². The van der Waals surface area contributed by atoms with Gasteiger partial charge in [-0.1, -0.05) is 30.3 Å². The average molecular weight is 379 g/mol. The molecule has 2 heterocycles. The molecule has 2 aromatic heterocycles. The molecular formula is C20H21N5O3. The quantitative estimate of drug-likeness (QED) is 0.654. The van der Waals surface area contributed by atoms with E-state index in [2.05, 4.69) is 20.7 Å². The zero-order valence-electron chi connectivity index (χ0n) is 15.5. The lowest BCUT2D eigenvalue weighted by atomic mass is 10.1. The monoisotopic (exact) mass is 379 g/mol. The van der Waals surface area contributed by atoms with E-state index in [1.807, 2.05) is 49.6 Å². The molecule has 8 heteroatoms. The molecule has 0 spiro atoms. The minimum atomic E-state index is -0.640. The molecule has 0 saturated heterocycles. The third-order valence-electron chi connectivity index (χ3n) is 3.93. The summed E-state index contributed by atoms with van der Waals surface area (Å²) in [4.78, 5) is 27.8. The number of benzene rings is 1. The summed E-state index contributed by atoms with van der Waals surface area (Å²) in [6.07, 6.45) is 6.43. The summed E-state index contributed by atoms with van der Waals surface area (Å²) in [5.41, 5.74) is 3.60. The second-order valence-electron chi connectivity index (χ2n) is 6.18. The summed E-state index contributed by atoms with van der Waals surface area (Å²) in [5.74, 6) is -0.316. The lowest BCUT2D eigenvalue weighted by molar-refractivity contribution is -0.120. The lowest BCUT2D eigenvalue weighted by Crippen LogP contribution is -2.36. The van der Waals surface area contributed by atoms with Gasteiger partial charge in [0.1, 0.15) is 13.2 Å². The van der Waals surface area contributed by atoms with Crippen molar-refractivity contribution < 1.29 is 14.3 Å². The molecule has 3 aromatic rings. The average Bonchev–Trinajstić information content (AvgIpc) is 3.16. The molecule has 28 heavy (non-hydrogen) atoms. The van der Waals surface area contributed by atoms with Crippen LogP contribution in [0.25, 0.3) is 11.1 Å². The maximum absolute atomic E-state index is 11.9. The number of aromatic nitrogens is 3. The summed E-state index contributed by atoms with van der Waals surface area (Å²) < 4.78 is 6.77. The highest BCUT2D eigenvalue weighted by Crippen LogP contribution is 2.18. The summed E-state index contributed by atoms with van der Waals surface area (Å²) in [6.45, 7) is 0.297. The number of ether oxygens (including phenoxy) is 1. The van der Waals surface area contributed by atoms with E-state index in [0.717, 1.165) is 22.3 Å². The minimum absolute atomic E-state index is 0.154. The summed E-state index contributed by atoms with van der Waals surface area (Å²) in [5, 5.41) is 9.31. The van der Waals surface area contributed by atoms with Crippen molar-refractivity contribution in [3.8, 4) is 11.1 Å². The van der Waals surface area contributed by atoms with Gasteiger partial charge in [-0.3, -0.25) is 14.5 Å². The molecule has 2 N–H and O–H groups in total. The zero-order chi connectivity index (χ0) is 19.8. The summed E-state index contributed by atoms with van der Waals surface area (Å²) >= 11 is 0. The third-order valence-corrected chi connectivity index (χ3v) is 3.93. The first-order chi connectivity index (χ1) is 13.6. The molecule has 0 saturated carbocycles. The Labute approximate surface area is 162 Å². The van der Waals surface area contributed by atoms with Gasteiger partial charge in [0.2, 0.25) is 5.91 Å². The van der Waals surface area contributed by atoms with Gasteiger partial charge in [-0.2, -0.15) is 5.10 Å². The van der Waals surface area contributed by atoms with Crippen LogP contribution in [0.15, 0.2) is 61.2 Å². The predicted molar refractivity (Wildman–Crippen MR) is 103 cm³/mol. The van der Waals surface area contributed by atoms with Gasteiger partial charge in [-0.15, -0.1) is 0 Å². The first-order valence-corrected chi connectivity index (χ1v) is 8.74. The molecule has 0 unspecified atom stereocenters. The Bertz CT molecular complexity index is 940. The van der Waals surface area contributed by atoms with E-state index in [1.165, 1.54) is 0 Å². The molecule has 0 fully saturated rings. The fourth-order valence-corrected chi connectivity index (χ4v) is 2.50. The number of hydrogen-bond acceptors (Lipinski definition) is 5. The van der Waals surface area contributed by atoms with Crippen molar-refractivity contribution in [3.05, 3.63) is 72.3 Å². The van der Waals surface area contributed by atoms with Crippen molar-refractivity contribution in [3.63, 3.8) is 0 Å². The van der Waals surface area contributed by atoms with E-state index in [4.69, 9.17) is 4.74 Å². The van der Waals surface area contributed by atoms with Crippen LogP contribution in [-0.2, 0) is 29.7 Å². The van der Waals surface area contributed by atoms with Crippen molar-refractivity contribution in [2.24, 2.45) is 7.05 Å². The Hall–Kier alpha value is -3.68. The van der Waals surface area contributed by atoms with Crippen LogP contribution >= 0.6 is 0 Å². The molecule has 0 aliphatic carbocycles. The van der Waals surface area contributed by atoms with Gasteiger partial charge in [-0.05, 0) is 17.2 Å². The van der Waals surface area contributed by atoms with E-state index >= 15 is 0 Å². The van der Waals surface area contributed by atoms with Crippen molar-refractivity contribution in [2.45, 2.75) is 13.2 Å². The van der Waals surface area contributed by atoms with Crippen LogP contribution in [0.2, 0.25) is 0 Å². The second kappa shape index (κ2) is 9.31. The minimum Gasteiger partial charge on any atom is -0.445 e. The van der Waals surface area contributed by atoms with E-state index in [9.17, 15) is 9.59 Å². The number of hydrogen-bond donors (Lipinski definition) is 2. The number of alkyl carbamates (subject to hydrolysis) is 1. The maximum atomic E-state index is 11.9. The van der Waals surface area contributed by atoms with Crippen LogP contribution in [0.1, 0.15) is 11.1 Å². The zero-order valence-corrected chi connectivity index (χ0v) is 15.5. The summed E-state index contributed by atoms with van der Waals surface area (Å²) in [7, 11) is 1.85. The van der Waals surface area contributed by atoms with E-state index in [0.29, 0.717) is 6.54 Å². The van der Waals surface area contributed by atoms with E-state index in [-0.39, 0.29) is 19.1 Å².